The fourth-order valence-electron chi connectivity index (χ4n) is 9.52. The van der Waals surface area contributed by atoms with Crippen LogP contribution in [-0.4, -0.2) is 0 Å². The average molecular weight is 892 g/mol. The van der Waals surface area contributed by atoms with Crippen molar-refractivity contribution in [2.75, 3.05) is 0 Å². The van der Waals surface area contributed by atoms with Crippen LogP contribution in [0.1, 0.15) is 244 Å². The molecule has 0 amide bonds. The third-order valence-corrected chi connectivity index (χ3v) is 17.9. The van der Waals surface area contributed by atoms with Crippen molar-refractivity contribution >= 4 is 45.3 Å². The van der Waals surface area contributed by atoms with Gasteiger partial charge in [-0.2, -0.15) is 0 Å². The summed E-state index contributed by atoms with van der Waals surface area (Å²) in [7, 11) is 0. The maximum Gasteiger partial charge on any atom is 0.0481 e. The summed E-state index contributed by atoms with van der Waals surface area (Å²) in [5, 5.41) is 4.59. The smallest absolute Gasteiger partial charge is 0.0481 e. The van der Waals surface area contributed by atoms with Gasteiger partial charge in [0.25, 0.3) is 0 Å². The van der Waals surface area contributed by atoms with Gasteiger partial charge in [0.05, 0.1) is 0 Å². The third kappa shape index (κ3) is 20.5. The van der Waals surface area contributed by atoms with Crippen molar-refractivity contribution in [3.63, 3.8) is 0 Å². The van der Waals surface area contributed by atoms with Crippen molar-refractivity contribution in [1.29, 1.82) is 0 Å². The maximum atomic E-state index is 2.67. The van der Waals surface area contributed by atoms with Crippen molar-refractivity contribution in [3.8, 4) is 29.3 Å². The van der Waals surface area contributed by atoms with Crippen LogP contribution in [0.5, 0.6) is 0 Å². The van der Waals surface area contributed by atoms with Gasteiger partial charge in [-0.1, -0.05) is 245 Å². The molecule has 0 aliphatic carbocycles. The largest absolute Gasteiger partial charge is 0.143 e. The van der Waals surface area contributed by atoms with Crippen LogP contribution in [0.2, 0.25) is 0 Å². The Labute approximate surface area is 388 Å². The molecule has 4 aromatic heterocycles. The van der Waals surface area contributed by atoms with Crippen molar-refractivity contribution in [2.45, 2.75) is 246 Å². The van der Waals surface area contributed by atoms with E-state index >= 15 is 0 Å². The topological polar surface area (TPSA) is 0 Å². The quantitative estimate of drug-likeness (QED) is 0.0392. The van der Waals surface area contributed by atoms with Gasteiger partial charge in [-0.05, 0) is 70.8 Å². The first-order valence-corrected chi connectivity index (χ1v) is 29.4. The minimum Gasteiger partial charge on any atom is -0.143 e. The lowest BCUT2D eigenvalue weighted by Gasteiger charge is -2.17. The molecule has 4 heteroatoms. The van der Waals surface area contributed by atoms with Crippen molar-refractivity contribution < 1.29 is 0 Å². The Morgan fingerprint density at radius 1 is 0.350 bits per heavy atom. The van der Waals surface area contributed by atoms with E-state index in [1.165, 1.54) is 238 Å². The fourth-order valence-corrected chi connectivity index (χ4v) is 13.7. The molecule has 2 atom stereocenters. The maximum absolute atomic E-state index is 2.67. The Morgan fingerprint density at radius 3 is 0.900 bits per heavy atom. The van der Waals surface area contributed by atoms with Gasteiger partial charge in [-0.3, -0.25) is 0 Å². The van der Waals surface area contributed by atoms with Gasteiger partial charge in [0.2, 0.25) is 0 Å². The molecular formula is C56H90S4. The summed E-state index contributed by atoms with van der Waals surface area (Å²) in [6, 6.07) is 14.7. The zero-order valence-electron chi connectivity index (χ0n) is 39.4. The number of hydrogen-bond donors (Lipinski definition) is 0. The van der Waals surface area contributed by atoms with E-state index in [-0.39, 0.29) is 0 Å². The highest BCUT2D eigenvalue weighted by Crippen LogP contribution is 2.47. The van der Waals surface area contributed by atoms with Crippen LogP contribution in [0.15, 0.2) is 47.2 Å². The summed E-state index contributed by atoms with van der Waals surface area (Å²) in [5.74, 6) is 1.61. The van der Waals surface area contributed by atoms with E-state index in [9.17, 15) is 0 Å². The number of hydrogen-bond acceptors (Lipinski definition) is 4. The minimum atomic E-state index is 0.803. The molecule has 338 valence electrons. The molecular weight excluding hydrogens is 801 g/mol. The molecule has 4 heterocycles. The molecule has 0 bridgehead atoms. The predicted octanol–water partition coefficient (Wildman–Crippen LogP) is 21.8. The summed E-state index contributed by atoms with van der Waals surface area (Å²) in [6.45, 7) is 9.34. The Bertz CT molecular complexity index is 1420. The number of rotatable bonds is 39. The van der Waals surface area contributed by atoms with E-state index in [1.54, 1.807) is 20.9 Å². The molecule has 0 aliphatic rings. The fraction of sp³-hybridized carbons (Fsp3) is 0.714. The van der Waals surface area contributed by atoms with Crippen LogP contribution in [0.3, 0.4) is 0 Å². The SMILES string of the molecule is CCCCCCCCCCC(CCCCCCCC)Cc1cc(-c2cc(CC(CCCCCCCC)CCCCCCCCCC)c(-c3cccs3)s2)sc1-c1cccs1. The lowest BCUT2D eigenvalue weighted by atomic mass is 9.88. The Kier molecular flexibility index (Phi) is 28.6. The van der Waals surface area contributed by atoms with Crippen LogP contribution in [0.25, 0.3) is 29.3 Å². The normalized spacial score (nSPS) is 12.8. The van der Waals surface area contributed by atoms with Crippen LogP contribution in [0, 0.1) is 11.8 Å². The van der Waals surface area contributed by atoms with Crippen LogP contribution in [0.4, 0.5) is 0 Å². The summed E-state index contributed by atoms with van der Waals surface area (Å²) in [6.07, 6.45) is 47.7. The molecule has 4 rings (SSSR count). The Hall–Kier alpha value is -1.20. The summed E-state index contributed by atoms with van der Waals surface area (Å²) in [4.78, 5) is 9.11. The van der Waals surface area contributed by atoms with E-state index in [2.05, 4.69) is 97.5 Å². The summed E-state index contributed by atoms with van der Waals surface area (Å²) >= 11 is 8.10. The standard InChI is InChI=1S/C56H90S4/c1-5-9-13-17-21-23-27-31-37-47(35-29-25-19-15-11-7-3)43-49-45-53(59-55(49)51-39-33-41-57-51)54-46-50(56(60-54)52-40-34-42-58-52)44-48(36-30-26-20-16-12-8-4)38-32-28-24-22-18-14-10-6-2/h33-34,39-42,45-48H,5-32,35-38,43-44H2,1-4H3. The zero-order chi connectivity index (χ0) is 42.3. The van der Waals surface area contributed by atoms with E-state index in [4.69, 9.17) is 0 Å². The molecule has 60 heavy (non-hydrogen) atoms. The second kappa shape index (κ2) is 33.3. The van der Waals surface area contributed by atoms with Gasteiger partial charge in [0.15, 0.2) is 0 Å². The van der Waals surface area contributed by atoms with Gasteiger partial charge in [0.1, 0.15) is 0 Å². The zero-order valence-corrected chi connectivity index (χ0v) is 42.7. The average Bonchev–Trinajstić information content (AvgIpc) is 4.10. The lowest BCUT2D eigenvalue weighted by Crippen LogP contribution is -2.05. The molecule has 0 aromatic carbocycles. The van der Waals surface area contributed by atoms with Crippen molar-refractivity contribution in [2.24, 2.45) is 11.8 Å². The van der Waals surface area contributed by atoms with Crippen LogP contribution in [-0.2, 0) is 12.8 Å². The lowest BCUT2D eigenvalue weighted by molar-refractivity contribution is 0.401. The highest BCUT2D eigenvalue weighted by molar-refractivity contribution is 7.28. The van der Waals surface area contributed by atoms with E-state index in [1.807, 2.05) is 22.7 Å². The van der Waals surface area contributed by atoms with Gasteiger partial charge < -0.3 is 0 Å². The molecule has 0 radical (unpaired) electrons. The van der Waals surface area contributed by atoms with Crippen molar-refractivity contribution in [1.82, 2.24) is 0 Å². The molecule has 0 saturated heterocycles. The highest BCUT2D eigenvalue weighted by Gasteiger charge is 2.22. The number of unbranched alkanes of at least 4 members (excludes halogenated alkanes) is 24. The molecule has 0 fully saturated rings. The second-order valence-corrected chi connectivity index (χ2v) is 22.7. The van der Waals surface area contributed by atoms with Crippen LogP contribution < -0.4 is 0 Å². The van der Waals surface area contributed by atoms with Crippen molar-refractivity contribution in [3.05, 3.63) is 58.3 Å². The first-order valence-electron chi connectivity index (χ1n) is 26.0. The monoisotopic (exact) mass is 891 g/mol. The number of thiophene rings is 4. The second-order valence-electron chi connectivity index (χ2n) is 18.7. The van der Waals surface area contributed by atoms with E-state index < -0.39 is 0 Å². The first-order chi connectivity index (χ1) is 29.7. The highest BCUT2D eigenvalue weighted by atomic mass is 32.1. The Balaban J connectivity index is 1.52. The third-order valence-electron chi connectivity index (χ3n) is 13.2. The molecule has 0 aliphatic heterocycles. The van der Waals surface area contributed by atoms with Gasteiger partial charge in [-0.15, -0.1) is 45.3 Å². The van der Waals surface area contributed by atoms with Gasteiger partial charge in [0, 0.05) is 29.3 Å². The molecule has 0 N–H and O–H groups in total. The summed E-state index contributed by atoms with van der Waals surface area (Å²) < 4.78 is 0. The first kappa shape index (κ1) is 51.4. The van der Waals surface area contributed by atoms with Gasteiger partial charge >= 0.3 is 0 Å². The molecule has 2 unspecified atom stereocenters. The minimum absolute atomic E-state index is 0.803. The molecule has 0 saturated carbocycles. The summed E-state index contributed by atoms with van der Waals surface area (Å²) in [5.41, 5.74) is 3.27. The molecule has 4 aromatic rings. The predicted molar refractivity (Wildman–Crippen MR) is 279 cm³/mol. The van der Waals surface area contributed by atoms with E-state index in [0.717, 1.165) is 11.8 Å². The van der Waals surface area contributed by atoms with Crippen LogP contribution >= 0.6 is 45.3 Å². The van der Waals surface area contributed by atoms with Gasteiger partial charge in [-0.25, -0.2) is 0 Å². The Morgan fingerprint density at radius 2 is 0.633 bits per heavy atom. The molecule has 0 nitrogen and oxygen atoms in total. The molecule has 0 spiro atoms. The van der Waals surface area contributed by atoms with E-state index in [0.29, 0.717) is 0 Å².